The topological polar surface area (TPSA) is 56.5 Å². The Morgan fingerprint density at radius 3 is 2.54 bits per heavy atom. The van der Waals surface area contributed by atoms with Crippen LogP contribution >= 0.6 is 11.8 Å². The van der Waals surface area contributed by atoms with Crippen LogP contribution in [0.2, 0.25) is 0 Å². The molecule has 2 atom stereocenters. The van der Waals surface area contributed by atoms with Crippen LogP contribution in [0, 0.1) is 6.92 Å². The lowest BCUT2D eigenvalue weighted by Crippen LogP contribution is -2.34. The first kappa shape index (κ1) is 18.7. The normalized spacial score (nSPS) is 21.4. The Balaban J connectivity index is 1.72. The molecule has 5 nitrogen and oxygen atoms in total. The van der Waals surface area contributed by atoms with Gasteiger partial charge in [0.2, 0.25) is 5.88 Å². The van der Waals surface area contributed by atoms with E-state index in [4.69, 9.17) is 14.0 Å². The number of hydrogen-bond acceptors (Lipinski definition) is 6. The van der Waals surface area contributed by atoms with Crippen LogP contribution in [0.3, 0.4) is 0 Å². The predicted octanol–water partition coefficient (Wildman–Crippen LogP) is 2.96. The first-order chi connectivity index (χ1) is 13.8. The predicted molar refractivity (Wildman–Crippen MR) is 110 cm³/mol. The van der Waals surface area contributed by atoms with Gasteiger partial charge in [-0.2, -0.15) is 0 Å². The number of methoxy groups -OCH3 is 1. The van der Waals surface area contributed by atoms with E-state index >= 15 is 0 Å². The van der Waals surface area contributed by atoms with Crippen molar-refractivity contribution in [1.29, 1.82) is 0 Å². The van der Waals surface area contributed by atoms with E-state index in [1.165, 1.54) is 0 Å². The van der Waals surface area contributed by atoms with Gasteiger partial charge in [0.1, 0.15) is 11.3 Å². The average Bonchev–Trinajstić information content (AvgIpc) is 3.31. The van der Waals surface area contributed by atoms with Gasteiger partial charge in [0.05, 0.1) is 18.3 Å². The molecule has 0 unspecified atom stereocenters. The van der Waals surface area contributed by atoms with Crippen LogP contribution in [0.1, 0.15) is 17.4 Å². The third kappa shape index (κ3) is 3.93. The number of ether oxygens (including phenoxy) is 2. The molecule has 1 N–H and O–H groups in total. The first-order valence-corrected chi connectivity index (χ1v) is 10.00. The van der Waals surface area contributed by atoms with Gasteiger partial charge in [0.25, 0.3) is 0 Å². The van der Waals surface area contributed by atoms with E-state index in [0.717, 1.165) is 21.4 Å². The van der Waals surface area contributed by atoms with Crippen LogP contribution in [0.5, 0.6) is 0 Å². The summed E-state index contributed by atoms with van der Waals surface area (Å²) in [4.78, 5) is 1.13. The van der Waals surface area contributed by atoms with Crippen molar-refractivity contribution in [3.05, 3.63) is 82.6 Å². The van der Waals surface area contributed by atoms with Crippen LogP contribution in [-0.2, 0) is 9.47 Å². The Bertz CT molecular complexity index is 1030. The van der Waals surface area contributed by atoms with Gasteiger partial charge in [0.15, 0.2) is 5.42 Å². The second kappa shape index (κ2) is 8.54. The molecule has 1 saturated heterocycles. The number of thioether (sulfide) groups is 1. The van der Waals surface area contributed by atoms with Gasteiger partial charge in [-0.25, -0.2) is 0 Å². The van der Waals surface area contributed by atoms with Gasteiger partial charge in [-0.05, 0) is 24.6 Å². The Morgan fingerprint density at radius 1 is 1.11 bits per heavy atom. The molecule has 144 valence electrons. The summed E-state index contributed by atoms with van der Waals surface area (Å²) in [5, 5.41) is 10.4. The number of nitrogens with zero attached hydrogens (tertiary/aromatic N) is 1. The van der Waals surface area contributed by atoms with E-state index in [0.29, 0.717) is 17.9 Å². The maximum absolute atomic E-state index is 6.33. The van der Waals surface area contributed by atoms with Crippen molar-refractivity contribution in [3.63, 3.8) is 0 Å². The monoisotopic (exact) mass is 394 g/mol. The van der Waals surface area contributed by atoms with Crippen molar-refractivity contribution >= 4 is 23.1 Å². The fourth-order valence-electron chi connectivity index (χ4n) is 3.23. The van der Waals surface area contributed by atoms with Crippen molar-refractivity contribution in [1.82, 2.24) is 10.5 Å². The molecule has 2 aromatic carbocycles. The summed E-state index contributed by atoms with van der Waals surface area (Å²) >= 11 is 1.59. The SMILES string of the molecule is COC[C@@H]1N/C(=c2/c(C)no/c2=C\Sc2ccccc2)O[C@H]1c1ccccc1. The molecular weight excluding hydrogens is 372 g/mol. The fourth-order valence-corrected chi connectivity index (χ4v) is 3.95. The lowest BCUT2D eigenvalue weighted by atomic mass is 10.0. The fraction of sp³-hybridized carbons (Fsp3) is 0.227. The van der Waals surface area contributed by atoms with E-state index in [1.807, 2.05) is 48.7 Å². The largest absolute Gasteiger partial charge is 0.468 e. The molecular formula is C22H22N2O3S. The third-order valence-corrected chi connectivity index (χ3v) is 5.44. The van der Waals surface area contributed by atoms with Crippen molar-refractivity contribution in [2.75, 3.05) is 13.7 Å². The zero-order chi connectivity index (χ0) is 19.3. The maximum atomic E-state index is 6.33. The van der Waals surface area contributed by atoms with E-state index in [-0.39, 0.29) is 12.1 Å². The molecule has 1 aliphatic rings. The highest BCUT2D eigenvalue weighted by atomic mass is 32.2. The second-order valence-electron chi connectivity index (χ2n) is 6.54. The average molecular weight is 394 g/mol. The van der Waals surface area contributed by atoms with Gasteiger partial charge < -0.3 is 19.3 Å². The molecule has 0 saturated carbocycles. The number of nitrogens with one attached hydrogen (secondary N) is 1. The molecule has 2 heterocycles. The van der Waals surface area contributed by atoms with E-state index in [9.17, 15) is 0 Å². The summed E-state index contributed by atoms with van der Waals surface area (Å²) in [7, 11) is 1.70. The lowest BCUT2D eigenvalue weighted by Gasteiger charge is -2.16. The highest BCUT2D eigenvalue weighted by Gasteiger charge is 2.34. The lowest BCUT2D eigenvalue weighted by molar-refractivity contribution is 0.118. The van der Waals surface area contributed by atoms with Crippen molar-refractivity contribution in [2.24, 2.45) is 0 Å². The number of hydrogen-bond donors (Lipinski definition) is 1. The van der Waals surface area contributed by atoms with E-state index < -0.39 is 0 Å². The summed E-state index contributed by atoms with van der Waals surface area (Å²) < 4.78 is 17.3. The summed E-state index contributed by atoms with van der Waals surface area (Å²) in [6.45, 7) is 2.45. The van der Waals surface area contributed by atoms with Crippen LogP contribution in [0.4, 0.5) is 0 Å². The maximum Gasteiger partial charge on any atom is 0.201 e. The smallest absolute Gasteiger partial charge is 0.201 e. The molecule has 0 amide bonds. The van der Waals surface area contributed by atoms with Crippen LogP contribution in [0.25, 0.3) is 11.3 Å². The third-order valence-electron chi connectivity index (χ3n) is 4.56. The Labute approximate surface area is 168 Å². The highest BCUT2D eigenvalue weighted by Crippen LogP contribution is 2.30. The van der Waals surface area contributed by atoms with Gasteiger partial charge in [-0.1, -0.05) is 65.4 Å². The summed E-state index contributed by atoms with van der Waals surface area (Å²) in [6.07, 6.45) is -0.139. The molecule has 0 aliphatic carbocycles. The molecule has 0 spiro atoms. The Kier molecular flexibility index (Phi) is 5.69. The second-order valence-corrected chi connectivity index (χ2v) is 7.48. The Morgan fingerprint density at radius 2 is 1.82 bits per heavy atom. The zero-order valence-electron chi connectivity index (χ0n) is 15.8. The summed E-state index contributed by atoms with van der Waals surface area (Å²) in [5.74, 6) is 0.676. The molecule has 4 rings (SSSR count). The number of benzene rings is 2. The summed E-state index contributed by atoms with van der Waals surface area (Å²) in [5.41, 5.74) is 2.57. The van der Waals surface area contributed by atoms with E-state index in [2.05, 4.69) is 34.7 Å². The molecule has 3 aromatic rings. The molecule has 0 bridgehead atoms. The summed E-state index contributed by atoms with van der Waals surface area (Å²) in [6, 6.07) is 20.3. The zero-order valence-corrected chi connectivity index (χ0v) is 16.6. The Hall–Kier alpha value is -2.70. The standard InChI is InChI=1S/C22H22N2O3S/c1-15-20(19(27-24-15)14-28-17-11-7-4-8-12-17)22-23-18(13-25-2)21(26-22)16-9-5-3-6-10-16/h3-12,14,18,21,23H,13H2,1-2H3/b19-14-,22-20+/t18-,21-/m0/s1. The van der Waals surface area contributed by atoms with Crippen molar-refractivity contribution < 1.29 is 14.0 Å². The molecule has 1 aromatic heterocycles. The molecule has 28 heavy (non-hydrogen) atoms. The highest BCUT2D eigenvalue weighted by molar-refractivity contribution is 8.06. The number of rotatable bonds is 5. The minimum absolute atomic E-state index is 0.00586. The minimum atomic E-state index is -0.139. The number of aryl methyl sites for hydroxylation is 1. The van der Waals surface area contributed by atoms with Gasteiger partial charge in [-0.15, -0.1) is 0 Å². The molecule has 1 aliphatic heterocycles. The van der Waals surface area contributed by atoms with Crippen LogP contribution in [-0.4, -0.2) is 24.9 Å². The van der Waals surface area contributed by atoms with Gasteiger partial charge in [-0.3, -0.25) is 0 Å². The quantitative estimate of drug-likeness (QED) is 0.672. The van der Waals surface area contributed by atoms with Crippen LogP contribution < -0.4 is 16.0 Å². The molecule has 0 radical (unpaired) electrons. The van der Waals surface area contributed by atoms with Crippen molar-refractivity contribution in [3.8, 4) is 0 Å². The number of aromatic nitrogens is 1. The van der Waals surface area contributed by atoms with E-state index in [1.54, 1.807) is 18.9 Å². The molecule has 6 heteroatoms. The first-order valence-electron chi connectivity index (χ1n) is 9.12. The van der Waals surface area contributed by atoms with Crippen LogP contribution in [0.15, 0.2) is 70.1 Å². The van der Waals surface area contributed by atoms with Crippen molar-refractivity contribution in [2.45, 2.75) is 24.0 Å². The van der Waals surface area contributed by atoms with Gasteiger partial charge in [0, 0.05) is 17.4 Å². The van der Waals surface area contributed by atoms with Gasteiger partial charge >= 0.3 is 0 Å². The molecule has 1 fully saturated rings. The minimum Gasteiger partial charge on any atom is -0.468 e.